The number of benzene rings is 1. The van der Waals surface area contributed by atoms with Crippen molar-refractivity contribution < 1.29 is 9.53 Å². The lowest BCUT2D eigenvalue weighted by Crippen LogP contribution is -2.17. The van der Waals surface area contributed by atoms with Crippen molar-refractivity contribution in [3.63, 3.8) is 0 Å². The Kier molecular flexibility index (Phi) is 3.71. The van der Waals surface area contributed by atoms with E-state index in [-0.39, 0.29) is 17.4 Å². The van der Waals surface area contributed by atoms with E-state index in [9.17, 15) is 4.79 Å². The van der Waals surface area contributed by atoms with Crippen LogP contribution in [0.1, 0.15) is 63.4 Å². The summed E-state index contributed by atoms with van der Waals surface area (Å²) in [4.78, 5) is 12.2. The van der Waals surface area contributed by atoms with Crippen molar-refractivity contribution in [3.8, 4) is 5.75 Å². The molecule has 1 aliphatic rings. The lowest BCUT2D eigenvalue weighted by Gasteiger charge is -2.24. The normalized spacial score (nSPS) is 15.7. The van der Waals surface area contributed by atoms with Gasteiger partial charge >= 0.3 is 0 Å². The van der Waals surface area contributed by atoms with Gasteiger partial charge in [-0.25, -0.2) is 0 Å². The summed E-state index contributed by atoms with van der Waals surface area (Å²) in [7, 11) is 0. The van der Waals surface area contributed by atoms with E-state index in [4.69, 9.17) is 4.74 Å². The van der Waals surface area contributed by atoms with Crippen LogP contribution in [-0.2, 0) is 5.41 Å². The largest absolute Gasteiger partial charge is 0.491 e. The van der Waals surface area contributed by atoms with Gasteiger partial charge in [0.15, 0.2) is 5.78 Å². The smallest absolute Gasteiger partial charge is 0.165 e. The SMILES string of the molecule is CC(C)Oc1ccc(C(=O)C2CC2)cc1C(C)(C)C. The van der Waals surface area contributed by atoms with Gasteiger partial charge in [0.25, 0.3) is 0 Å². The fourth-order valence-corrected chi connectivity index (χ4v) is 2.21. The molecule has 1 aromatic rings. The Bertz CT molecular complexity index is 477. The van der Waals surface area contributed by atoms with Crippen LogP contribution < -0.4 is 4.74 Å². The summed E-state index contributed by atoms with van der Waals surface area (Å²) >= 11 is 0. The van der Waals surface area contributed by atoms with Crippen LogP contribution in [0.25, 0.3) is 0 Å². The van der Waals surface area contributed by atoms with Crippen LogP contribution in [0.4, 0.5) is 0 Å². The van der Waals surface area contributed by atoms with Crippen LogP contribution in [0.3, 0.4) is 0 Å². The molecule has 0 bridgehead atoms. The molecule has 104 valence electrons. The molecule has 1 aliphatic carbocycles. The summed E-state index contributed by atoms with van der Waals surface area (Å²) in [5.74, 6) is 1.46. The Morgan fingerprint density at radius 2 is 1.89 bits per heavy atom. The molecule has 0 amide bonds. The van der Waals surface area contributed by atoms with E-state index in [1.807, 2.05) is 32.0 Å². The van der Waals surface area contributed by atoms with Crippen molar-refractivity contribution in [1.82, 2.24) is 0 Å². The number of Topliss-reactive ketones (excluding diaryl/α,β-unsaturated/α-hetero) is 1. The molecule has 0 heterocycles. The number of carbonyl (C=O) groups is 1. The number of carbonyl (C=O) groups excluding carboxylic acids is 1. The van der Waals surface area contributed by atoms with Crippen molar-refractivity contribution in [3.05, 3.63) is 29.3 Å². The van der Waals surface area contributed by atoms with E-state index in [1.54, 1.807) is 0 Å². The maximum atomic E-state index is 12.2. The van der Waals surface area contributed by atoms with E-state index < -0.39 is 0 Å². The van der Waals surface area contributed by atoms with Crippen LogP contribution in [0, 0.1) is 5.92 Å². The zero-order chi connectivity index (χ0) is 14.2. The molecule has 2 rings (SSSR count). The van der Waals surface area contributed by atoms with Crippen molar-refractivity contribution in [2.45, 2.75) is 59.0 Å². The summed E-state index contributed by atoms with van der Waals surface area (Å²) < 4.78 is 5.87. The van der Waals surface area contributed by atoms with Gasteiger partial charge in [0, 0.05) is 17.0 Å². The monoisotopic (exact) mass is 260 g/mol. The Morgan fingerprint density at radius 1 is 1.26 bits per heavy atom. The molecule has 2 heteroatoms. The molecular formula is C17H24O2. The predicted octanol–water partition coefficient (Wildman–Crippen LogP) is 4.36. The first-order valence-electron chi connectivity index (χ1n) is 7.14. The molecule has 0 saturated heterocycles. The first-order chi connectivity index (χ1) is 8.79. The molecule has 0 N–H and O–H groups in total. The Labute approximate surface area is 116 Å². The average molecular weight is 260 g/mol. The quantitative estimate of drug-likeness (QED) is 0.752. The van der Waals surface area contributed by atoms with E-state index >= 15 is 0 Å². The van der Waals surface area contributed by atoms with Crippen molar-refractivity contribution in [2.75, 3.05) is 0 Å². The number of hydrogen-bond donors (Lipinski definition) is 0. The molecule has 0 aliphatic heterocycles. The van der Waals surface area contributed by atoms with Gasteiger partial charge in [-0.3, -0.25) is 4.79 Å². The number of ketones is 1. The predicted molar refractivity (Wildman–Crippen MR) is 78.0 cm³/mol. The van der Waals surface area contributed by atoms with Gasteiger partial charge in [0.1, 0.15) is 5.75 Å². The third-order valence-electron chi connectivity index (χ3n) is 3.38. The molecule has 0 radical (unpaired) electrons. The molecule has 2 nitrogen and oxygen atoms in total. The fourth-order valence-electron chi connectivity index (χ4n) is 2.21. The van der Waals surface area contributed by atoms with Crippen molar-refractivity contribution in [1.29, 1.82) is 0 Å². The molecule has 0 spiro atoms. The molecule has 1 fully saturated rings. The van der Waals surface area contributed by atoms with E-state index in [0.717, 1.165) is 29.7 Å². The molecular weight excluding hydrogens is 236 g/mol. The van der Waals surface area contributed by atoms with E-state index in [1.165, 1.54) is 0 Å². The minimum absolute atomic E-state index is 0.0237. The maximum Gasteiger partial charge on any atom is 0.165 e. The highest BCUT2D eigenvalue weighted by molar-refractivity contribution is 5.99. The van der Waals surface area contributed by atoms with Gasteiger partial charge in [-0.2, -0.15) is 0 Å². The summed E-state index contributed by atoms with van der Waals surface area (Å²) in [6.45, 7) is 10.5. The van der Waals surface area contributed by atoms with Gasteiger partial charge in [-0.15, -0.1) is 0 Å². The van der Waals surface area contributed by atoms with Crippen molar-refractivity contribution >= 4 is 5.78 Å². The molecule has 0 aromatic heterocycles. The minimum Gasteiger partial charge on any atom is -0.491 e. The summed E-state index contributed by atoms with van der Waals surface area (Å²) in [5.41, 5.74) is 1.93. The second kappa shape index (κ2) is 4.99. The topological polar surface area (TPSA) is 26.3 Å². The van der Waals surface area contributed by atoms with Gasteiger partial charge in [-0.05, 0) is 50.3 Å². The summed E-state index contributed by atoms with van der Waals surface area (Å²) in [5, 5.41) is 0. The lowest BCUT2D eigenvalue weighted by atomic mass is 9.84. The van der Waals surface area contributed by atoms with Crippen LogP contribution in [-0.4, -0.2) is 11.9 Å². The zero-order valence-electron chi connectivity index (χ0n) is 12.6. The Hall–Kier alpha value is -1.31. The fraction of sp³-hybridized carbons (Fsp3) is 0.588. The van der Waals surface area contributed by atoms with Gasteiger partial charge in [0.2, 0.25) is 0 Å². The second-order valence-electron chi connectivity index (χ2n) is 6.77. The average Bonchev–Trinajstić information content (AvgIpc) is 3.10. The highest BCUT2D eigenvalue weighted by atomic mass is 16.5. The number of ether oxygens (including phenoxy) is 1. The highest BCUT2D eigenvalue weighted by Crippen LogP contribution is 2.36. The summed E-state index contributed by atoms with van der Waals surface area (Å²) in [6, 6.07) is 5.89. The third-order valence-corrected chi connectivity index (χ3v) is 3.38. The molecule has 0 atom stereocenters. The summed E-state index contributed by atoms with van der Waals surface area (Å²) in [6.07, 6.45) is 2.24. The van der Waals surface area contributed by atoms with Crippen LogP contribution in [0.5, 0.6) is 5.75 Å². The van der Waals surface area contributed by atoms with Crippen LogP contribution in [0.15, 0.2) is 18.2 Å². The molecule has 1 aromatic carbocycles. The molecule has 0 unspecified atom stereocenters. The van der Waals surface area contributed by atoms with E-state index in [0.29, 0.717) is 5.78 Å². The third kappa shape index (κ3) is 3.37. The van der Waals surface area contributed by atoms with Crippen LogP contribution in [0.2, 0.25) is 0 Å². The molecule has 19 heavy (non-hydrogen) atoms. The first-order valence-corrected chi connectivity index (χ1v) is 7.14. The standard InChI is InChI=1S/C17H24O2/c1-11(2)19-15-9-8-13(16(18)12-6-7-12)10-14(15)17(3,4)5/h8-12H,6-7H2,1-5H3. The maximum absolute atomic E-state index is 12.2. The second-order valence-corrected chi connectivity index (χ2v) is 6.77. The number of hydrogen-bond acceptors (Lipinski definition) is 2. The Morgan fingerprint density at radius 3 is 2.37 bits per heavy atom. The van der Waals surface area contributed by atoms with Crippen molar-refractivity contribution in [2.24, 2.45) is 5.92 Å². The molecule has 1 saturated carbocycles. The van der Waals surface area contributed by atoms with E-state index in [2.05, 4.69) is 20.8 Å². The number of rotatable bonds is 4. The lowest BCUT2D eigenvalue weighted by molar-refractivity contribution is 0.0967. The van der Waals surface area contributed by atoms with Gasteiger partial charge in [-0.1, -0.05) is 20.8 Å². The first kappa shape index (κ1) is 14.1. The van der Waals surface area contributed by atoms with Gasteiger partial charge in [0.05, 0.1) is 6.10 Å². The minimum atomic E-state index is -0.0237. The van der Waals surface area contributed by atoms with Gasteiger partial charge < -0.3 is 4.74 Å². The highest BCUT2D eigenvalue weighted by Gasteiger charge is 2.31. The zero-order valence-corrected chi connectivity index (χ0v) is 12.6. The Balaban J connectivity index is 2.38. The van der Waals surface area contributed by atoms with Crippen LogP contribution >= 0.6 is 0 Å².